The van der Waals surface area contributed by atoms with Crippen LogP contribution in [0.2, 0.25) is 5.02 Å². The summed E-state index contributed by atoms with van der Waals surface area (Å²) in [4.78, 5) is 16.2. The summed E-state index contributed by atoms with van der Waals surface area (Å²) in [6, 6.07) is 7.24. The van der Waals surface area contributed by atoms with Crippen molar-refractivity contribution in [3.05, 3.63) is 41.0 Å². The van der Waals surface area contributed by atoms with Gasteiger partial charge in [-0.1, -0.05) is 31.5 Å². The summed E-state index contributed by atoms with van der Waals surface area (Å²) in [7, 11) is 1.40. The fourth-order valence-corrected chi connectivity index (χ4v) is 2.49. The van der Waals surface area contributed by atoms with Crippen LogP contribution >= 0.6 is 11.6 Å². The van der Waals surface area contributed by atoms with E-state index in [1.807, 2.05) is 38.1 Å². The molecule has 0 fully saturated rings. The fourth-order valence-electron chi connectivity index (χ4n) is 2.28. The van der Waals surface area contributed by atoms with E-state index < -0.39 is 0 Å². The lowest BCUT2D eigenvalue weighted by molar-refractivity contribution is -0.144. The van der Waals surface area contributed by atoms with Gasteiger partial charge in [0.05, 0.1) is 12.6 Å². The number of halogens is 1. The molecule has 0 saturated heterocycles. The lowest BCUT2D eigenvalue weighted by Crippen LogP contribution is -2.41. The van der Waals surface area contributed by atoms with E-state index in [1.165, 1.54) is 7.11 Å². The third-order valence-electron chi connectivity index (χ3n) is 3.43. The quantitative estimate of drug-likeness (QED) is 0.862. The highest BCUT2D eigenvalue weighted by atomic mass is 35.5. The summed E-state index contributed by atoms with van der Waals surface area (Å²) < 4.78 is 4.83. The Morgan fingerprint density at radius 2 is 2.14 bits per heavy atom. The molecule has 0 saturated carbocycles. The molecule has 21 heavy (non-hydrogen) atoms. The van der Waals surface area contributed by atoms with Crippen molar-refractivity contribution >= 4 is 28.5 Å². The molecule has 5 heteroatoms. The number of ether oxygens (including phenoxy) is 1. The largest absolute Gasteiger partial charge is 0.468 e. The molecular formula is C16H19ClN2O2. The number of methoxy groups -OCH3 is 1. The topological polar surface area (TPSA) is 51.2 Å². The normalized spacial score (nSPS) is 12.6. The molecule has 2 aromatic rings. The third-order valence-corrected chi connectivity index (χ3v) is 3.76. The van der Waals surface area contributed by atoms with Crippen LogP contribution in [0.1, 0.15) is 19.4 Å². The highest BCUT2D eigenvalue weighted by Gasteiger charge is 2.22. The van der Waals surface area contributed by atoms with Crippen LogP contribution < -0.4 is 5.32 Å². The van der Waals surface area contributed by atoms with Crippen molar-refractivity contribution in [3.8, 4) is 0 Å². The summed E-state index contributed by atoms with van der Waals surface area (Å²) in [6.07, 6.45) is 1.74. The SMILES string of the molecule is COC(=O)[C@@H](NCc1ccc(Cl)c2cccnc12)C(C)C. The number of nitrogens with zero attached hydrogens (tertiary/aromatic N) is 1. The molecule has 0 radical (unpaired) electrons. The zero-order valence-corrected chi connectivity index (χ0v) is 13.1. The van der Waals surface area contributed by atoms with Gasteiger partial charge in [0.25, 0.3) is 0 Å². The van der Waals surface area contributed by atoms with E-state index in [-0.39, 0.29) is 17.9 Å². The van der Waals surface area contributed by atoms with Crippen LogP contribution in [0.5, 0.6) is 0 Å². The van der Waals surface area contributed by atoms with Gasteiger partial charge in [0.1, 0.15) is 6.04 Å². The number of esters is 1. The maximum absolute atomic E-state index is 11.8. The minimum absolute atomic E-state index is 0.143. The lowest BCUT2D eigenvalue weighted by Gasteiger charge is -2.20. The number of rotatable bonds is 5. The minimum Gasteiger partial charge on any atom is -0.468 e. The molecule has 112 valence electrons. The second kappa shape index (κ2) is 6.87. The highest BCUT2D eigenvalue weighted by molar-refractivity contribution is 6.35. The number of hydrogen-bond acceptors (Lipinski definition) is 4. The molecule has 1 heterocycles. The predicted octanol–water partition coefficient (Wildman–Crippen LogP) is 3.18. The number of hydrogen-bond donors (Lipinski definition) is 1. The summed E-state index contributed by atoms with van der Waals surface area (Å²) >= 11 is 6.18. The summed E-state index contributed by atoms with van der Waals surface area (Å²) in [5, 5.41) is 4.83. The molecule has 1 aromatic carbocycles. The van der Waals surface area contributed by atoms with Gasteiger partial charge in [-0.3, -0.25) is 15.1 Å². The number of aromatic nitrogens is 1. The molecule has 1 N–H and O–H groups in total. The van der Waals surface area contributed by atoms with E-state index in [2.05, 4.69) is 10.3 Å². The first-order chi connectivity index (χ1) is 10.0. The molecule has 0 amide bonds. The van der Waals surface area contributed by atoms with E-state index in [0.717, 1.165) is 16.5 Å². The average Bonchev–Trinajstić information content (AvgIpc) is 2.49. The zero-order chi connectivity index (χ0) is 15.4. The van der Waals surface area contributed by atoms with Crippen molar-refractivity contribution in [1.82, 2.24) is 10.3 Å². The summed E-state index contributed by atoms with van der Waals surface area (Å²) in [5.41, 5.74) is 1.86. The van der Waals surface area contributed by atoms with Gasteiger partial charge < -0.3 is 4.74 Å². The van der Waals surface area contributed by atoms with Gasteiger partial charge in [0.15, 0.2) is 0 Å². The second-order valence-corrected chi connectivity index (χ2v) is 5.64. The molecule has 0 bridgehead atoms. The van der Waals surface area contributed by atoms with Gasteiger partial charge in [0.2, 0.25) is 0 Å². The van der Waals surface area contributed by atoms with Crippen molar-refractivity contribution in [1.29, 1.82) is 0 Å². The standard InChI is InChI=1S/C16H19ClN2O2/c1-10(2)14(16(20)21-3)19-9-11-6-7-13(17)12-5-4-8-18-15(11)12/h4-8,10,14,19H,9H2,1-3H3/t14-/m0/s1. The van der Waals surface area contributed by atoms with Gasteiger partial charge in [0, 0.05) is 23.2 Å². The molecule has 0 aliphatic heterocycles. The Bertz CT molecular complexity index is 643. The Balaban J connectivity index is 2.24. The van der Waals surface area contributed by atoms with Gasteiger partial charge in [-0.25, -0.2) is 0 Å². The van der Waals surface area contributed by atoms with Crippen LogP contribution in [0, 0.1) is 5.92 Å². The molecule has 2 rings (SSSR count). The molecule has 0 aliphatic carbocycles. The summed E-state index contributed by atoms with van der Waals surface area (Å²) in [5.74, 6) is -0.111. The van der Waals surface area contributed by atoms with Crippen molar-refractivity contribution in [3.63, 3.8) is 0 Å². The maximum atomic E-state index is 11.8. The van der Waals surface area contributed by atoms with E-state index in [1.54, 1.807) is 6.20 Å². The predicted molar refractivity (Wildman–Crippen MR) is 84.2 cm³/mol. The molecule has 0 aliphatic rings. The molecule has 0 spiro atoms. The first-order valence-electron chi connectivity index (χ1n) is 6.88. The Morgan fingerprint density at radius 3 is 2.81 bits per heavy atom. The lowest BCUT2D eigenvalue weighted by atomic mass is 10.0. The van der Waals surface area contributed by atoms with E-state index in [0.29, 0.717) is 11.6 Å². The van der Waals surface area contributed by atoms with Gasteiger partial charge >= 0.3 is 5.97 Å². The second-order valence-electron chi connectivity index (χ2n) is 5.23. The molecule has 0 unspecified atom stereocenters. The third kappa shape index (κ3) is 3.52. The average molecular weight is 307 g/mol. The van der Waals surface area contributed by atoms with Crippen LogP contribution in [0.3, 0.4) is 0 Å². The van der Waals surface area contributed by atoms with Crippen LogP contribution in [0.25, 0.3) is 10.9 Å². The number of nitrogens with one attached hydrogen (secondary N) is 1. The highest BCUT2D eigenvalue weighted by Crippen LogP contribution is 2.24. The number of carbonyl (C=O) groups is 1. The monoisotopic (exact) mass is 306 g/mol. The van der Waals surface area contributed by atoms with Crippen molar-refractivity contribution in [2.45, 2.75) is 26.4 Å². The molecule has 4 nitrogen and oxygen atoms in total. The Hall–Kier alpha value is -1.65. The Labute approximate surface area is 129 Å². The smallest absolute Gasteiger partial charge is 0.323 e. The van der Waals surface area contributed by atoms with Crippen LogP contribution in [-0.2, 0) is 16.1 Å². The van der Waals surface area contributed by atoms with Gasteiger partial charge in [-0.2, -0.15) is 0 Å². The van der Waals surface area contributed by atoms with Crippen molar-refractivity contribution in [2.75, 3.05) is 7.11 Å². The first kappa shape index (κ1) is 15.7. The van der Waals surface area contributed by atoms with Crippen LogP contribution in [0.15, 0.2) is 30.5 Å². The van der Waals surface area contributed by atoms with Crippen molar-refractivity contribution < 1.29 is 9.53 Å². The fraction of sp³-hybridized carbons (Fsp3) is 0.375. The number of pyridine rings is 1. The number of fused-ring (bicyclic) bond motifs is 1. The first-order valence-corrected chi connectivity index (χ1v) is 7.25. The van der Waals surface area contributed by atoms with Gasteiger partial charge in [-0.05, 0) is 29.7 Å². The van der Waals surface area contributed by atoms with Crippen LogP contribution in [0.4, 0.5) is 0 Å². The summed E-state index contributed by atoms with van der Waals surface area (Å²) in [6.45, 7) is 4.49. The Kier molecular flexibility index (Phi) is 5.15. The number of carbonyl (C=O) groups excluding carboxylic acids is 1. The Morgan fingerprint density at radius 1 is 1.38 bits per heavy atom. The minimum atomic E-state index is -0.343. The molecule has 1 atom stereocenters. The van der Waals surface area contributed by atoms with Crippen molar-refractivity contribution in [2.24, 2.45) is 5.92 Å². The van der Waals surface area contributed by atoms with E-state index >= 15 is 0 Å². The zero-order valence-electron chi connectivity index (χ0n) is 12.4. The number of benzene rings is 1. The molecule has 1 aromatic heterocycles. The molecular weight excluding hydrogens is 288 g/mol. The van der Waals surface area contributed by atoms with E-state index in [9.17, 15) is 4.79 Å². The van der Waals surface area contributed by atoms with E-state index in [4.69, 9.17) is 16.3 Å². The van der Waals surface area contributed by atoms with Gasteiger partial charge in [-0.15, -0.1) is 0 Å². The van der Waals surface area contributed by atoms with Crippen LogP contribution in [-0.4, -0.2) is 24.1 Å². The maximum Gasteiger partial charge on any atom is 0.323 e.